The topological polar surface area (TPSA) is 77.7 Å². The lowest BCUT2D eigenvalue weighted by Crippen LogP contribution is -2.30. The lowest BCUT2D eigenvalue weighted by atomic mass is 10.1. The minimum Gasteiger partial charge on any atom is -0.345 e. The van der Waals surface area contributed by atoms with Crippen molar-refractivity contribution in [3.8, 4) is 22.8 Å². The van der Waals surface area contributed by atoms with E-state index >= 15 is 0 Å². The van der Waals surface area contributed by atoms with Gasteiger partial charge >= 0.3 is 0 Å². The molecule has 0 aliphatic carbocycles. The van der Waals surface area contributed by atoms with Crippen molar-refractivity contribution in [1.29, 1.82) is 0 Å². The number of carbonyl (C=O) groups is 1. The van der Waals surface area contributed by atoms with Crippen LogP contribution >= 0.6 is 0 Å². The van der Waals surface area contributed by atoms with Crippen molar-refractivity contribution in [2.24, 2.45) is 0 Å². The van der Waals surface area contributed by atoms with Crippen LogP contribution < -0.4 is 0 Å². The molecule has 6 heteroatoms. The largest absolute Gasteiger partial charge is 0.345 e. The van der Waals surface area contributed by atoms with E-state index in [1.54, 1.807) is 12.4 Å². The molecule has 2 aromatic carbocycles. The summed E-state index contributed by atoms with van der Waals surface area (Å²) in [6.45, 7) is 5.36. The van der Waals surface area contributed by atoms with E-state index in [0.717, 1.165) is 33.8 Å². The Balaban J connectivity index is 1.77. The summed E-state index contributed by atoms with van der Waals surface area (Å²) in [5.74, 6) is 1.59. The van der Waals surface area contributed by atoms with Gasteiger partial charge in [0.2, 0.25) is 0 Å². The van der Waals surface area contributed by atoms with Crippen LogP contribution in [0.1, 0.15) is 24.2 Å². The van der Waals surface area contributed by atoms with Crippen molar-refractivity contribution in [3.05, 3.63) is 60.4 Å². The Morgan fingerprint density at radius 1 is 1.04 bits per heavy atom. The van der Waals surface area contributed by atoms with Gasteiger partial charge in [-0.1, -0.05) is 24.3 Å². The highest BCUT2D eigenvalue weighted by atomic mass is 16.2. The van der Waals surface area contributed by atoms with Crippen molar-refractivity contribution >= 4 is 16.9 Å². The van der Waals surface area contributed by atoms with Crippen LogP contribution in [0.2, 0.25) is 0 Å². The molecule has 1 amide bonds. The monoisotopic (exact) mass is 359 g/mol. The van der Waals surface area contributed by atoms with E-state index in [1.807, 2.05) is 61.2 Å². The molecule has 0 aliphatic heterocycles. The van der Waals surface area contributed by atoms with E-state index in [0.29, 0.717) is 18.7 Å². The number of aromatic amines is 2. The summed E-state index contributed by atoms with van der Waals surface area (Å²) in [5, 5.41) is 0. The molecule has 0 saturated heterocycles. The number of amides is 1. The van der Waals surface area contributed by atoms with Crippen molar-refractivity contribution < 1.29 is 4.79 Å². The van der Waals surface area contributed by atoms with Gasteiger partial charge < -0.3 is 14.9 Å². The molecule has 4 rings (SSSR count). The normalized spacial score (nSPS) is 11.0. The molecule has 2 heterocycles. The van der Waals surface area contributed by atoms with Crippen LogP contribution in [0.3, 0.4) is 0 Å². The Morgan fingerprint density at radius 3 is 2.44 bits per heavy atom. The number of H-pyrrole nitrogens is 2. The van der Waals surface area contributed by atoms with E-state index in [4.69, 9.17) is 4.98 Å². The maximum absolute atomic E-state index is 12.6. The molecule has 136 valence electrons. The highest BCUT2D eigenvalue weighted by Crippen LogP contribution is 2.29. The van der Waals surface area contributed by atoms with E-state index < -0.39 is 0 Å². The number of benzene rings is 2. The average molecular weight is 359 g/mol. The van der Waals surface area contributed by atoms with Gasteiger partial charge in [0.1, 0.15) is 11.6 Å². The average Bonchev–Trinajstić information content (AvgIpc) is 3.38. The van der Waals surface area contributed by atoms with Gasteiger partial charge in [-0.15, -0.1) is 0 Å². The van der Waals surface area contributed by atoms with Gasteiger partial charge in [-0.2, -0.15) is 0 Å². The number of hydrogen-bond acceptors (Lipinski definition) is 3. The fourth-order valence-electron chi connectivity index (χ4n) is 3.27. The number of nitrogens with one attached hydrogen (secondary N) is 2. The number of fused-ring (bicyclic) bond motifs is 1. The van der Waals surface area contributed by atoms with Gasteiger partial charge in [0.15, 0.2) is 0 Å². The van der Waals surface area contributed by atoms with Gasteiger partial charge in [0.25, 0.3) is 5.91 Å². The Bertz CT molecular complexity index is 1080. The zero-order valence-corrected chi connectivity index (χ0v) is 15.4. The van der Waals surface area contributed by atoms with Gasteiger partial charge in [-0.05, 0) is 32.0 Å². The first-order chi connectivity index (χ1) is 13.2. The number of aromatic nitrogens is 4. The minimum absolute atomic E-state index is 0.0361. The van der Waals surface area contributed by atoms with E-state index in [-0.39, 0.29) is 5.91 Å². The molecule has 0 saturated carbocycles. The predicted octanol–water partition coefficient (Wildman–Crippen LogP) is 4.10. The second-order valence-electron chi connectivity index (χ2n) is 6.28. The van der Waals surface area contributed by atoms with Crippen LogP contribution in [-0.2, 0) is 0 Å². The van der Waals surface area contributed by atoms with Crippen molar-refractivity contribution in [2.45, 2.75) is 13.8 Å². The fourth-order valence-corrected chi connectivity index (χ4v) is 3.27. The SMILES string of the molecule is CCN(CC)C(=O)c1ccc2nc(-c3ccccc3-c3ncc[nH]3)[nH]c2c1. The maximum atomic E-state index is 12.6. The Kier molecular flexibility index (Phi) is 4.46. The van der Waals surface area contributed by atoms with Crippen molar-refractivity contribution in [3.63, 3.8) is 0 Å². The zero-order chi connectivity index (χ0) is 18.8. The molecule has 0 spiro atoms. The molecular weight excluding hydrogens is 338 g/mol. The molecule has 0 aliphatic rings. The Morgan fingerprint density at radius 2 is 1.78 bits per heavy atom. The predicted molar refractivity (Wildman–Crippen MR) is 106 cm³/mol. The molecule has 0 unspecified atom stereocenters. The number of nitrogens with zero attached hydrogens (tertiary/aromatic N) is 3. The molecule has 0 bridgehead atoms. The van der Waals surface area contributed by atoms with Crippen LogP contribution in [0.25, 0.3) is 33.8 Å². The second kappa shape index (κ2) is 7.07. The van der Waals surface area contributed by atoms with Crippen LogP contribution in [0.5, 0.6) is 0 Å². The lowest BCUT2D eigenvalue weighted by Gasteiger charge is -2.18. The van der Waals surface area contributed by atoms with Gasteiger partial charge in [0, 0.05) is 42.2 Å². The lowest BCUT2D eigenvalue weighted by molar-refractivity contribution is 0.0773. The van der Waals surface area contributed by atoms with Gasteiger partial charge in [-0.25, -0.2) is 9.97 Å². The third kappa shape index (κ3) is 3.10. The summed E-state index contributed by atoms with van der Waals surface area (Å²) in [6, 6.07) is 13.6. The van der Waals surface area contributed by atoms with Crippen molar-refractivity contribution in [2.75, 3.05) is 13.1 Å². The highest BCUT2D eigenvalue weighted by molar-refractivity contribution is 5.98. The van der Waals surface area contributed by atoms with Gasteiger partial charge in [0.05, 0.1) is 11.0 Å². The molecule has 6 nitrogen and oxygen atoms in total. The number of carbonyl (C=O) groups excluding carboxylic acids is 1. The molecule has 2 aromatic heterocycles. The molecule has 4 aromatic rings. The Labute approximate surface area is 157 Å². The summed E-state index contributed by atoms with van der Waals surface area (Å²) in [6.07, 6.45) is 3.53. The van der Waals surface area contributed by atoms with E-state index in [2.05, 4.69) is 15.0 Å². The number of hydrogen-bond donors (Lipinski definition) is 2. The standard InChI is InChI=1S/C21H21N5O/c1-3-26(4-2)21(27)14-9-10-17-18(13-14)25-20(24-17)16-8-6-5-7-15(16)19-22-11-12-23-19/h5-13H,3-4H2,1-2H3,(H,22,23)(H,24,25). The summed E-state index contributed by atoms with van der Waals surface area (Å²) < 4.78 is 0. The molecule has 27 heavy (non-hydrogen) atoms. The molecule has 2 N–H and O–H groups in total. The summed E-state index contributed by atoms with van der Waals surface area (Å²) in [7, 11) is 0. The molecule has 0 fully saturated rings. The number of imidazole rings is 2. The summed E-state index contributed by atoms with van der Waals surface area (Å²) in [4.78, 5) is 30.0. The summed E-state index contributed by atoms with van der Waals surface area (Å²) in [5.41, 5.74) is 4.27. The smallest absolute Gasteiger partial charge is 0.253 e. The maximum Gasteiger partial charge on any atom is 0.253 e. The minimum atomic E-state index is 0.0361. The van der Waals surface area contributed by atoms with Crippen LogP contribution in [0.4, 0.5) is 0 Å². The first kappa shape index (κ1) is 17.0. The Hall–Kier alpha value is -3.41. The molecule has 0 radical (unpaired) electrons. The third-order valence-electron chi connectivity index (χ3n) is 4.72. The zero-order valence-electron chi connectivity index (χ0n) is 15.4. The first-order valence-electron chi connectivity index (χ1n) is 9.09. The number of rotatable bonds is 5. The fraction of sp³-hybridized carbons (Fsp3) is 0.190. The van der Waals surface area contributed by atoms with Crippen LogP contribution in [-0.4, -0.2) is 43.8 Å². The highest BCUT2D eigenvalue weighted by Gasteiger charge is 2.16. The second-order valence-corrected chi connectivity index (χ2v) is 6.28. The molecular formula is C21H21N5O. The quantitative estimate of drug-likeness (QED) is 0.563. The third-order valence-corrected chi connectivity index (χ3v) is 4.72. The van der Waals surface area contributed by atoms with Gasteiger partial charge in [-0.3, -0.25) is 4.79 Å². The van der Waals surface area contributed by atoms with Crippen LogP contribution in [0, 0.1) is 0 Å². The van der Waals surface area contributed by atoms with E-state index in [1.165, 1.54) is 0 Å². The van der Waals surface area contributed by atoms with Crippen molar-refractivity contribution in [1.82, 2.24) is 24.8 Å². The molecule has 0 atom stereocenters. The summed E-state index contributed by atoms with van der Waals surface area (Å²) >= 11 is 0. The van der Waals surface area contributed by atoms with E-state index in [9.17, 15) is 4.79 Å². The first-order valence-corrected chi connectivity index (χ1v) is 9.09. The van der Waals surface area contributed by atoms with Crippen LogP contribution in [0.15, 0.2) is 54.9 Å².